The van der Waals surface area contributed by atoms with E-state index in [1.165, 1.54) is 89.8 Å². The molecule has 0 aliphatic heterocycles. The van der Waals surface area contributed by atoms with Crippen LogP contribution in [0.25, 0.3) is 27.8 Å². The first-order chi connectivity index (χ1) is 30.3. The van der Waals surface area contributed by atoms with Gasteiger partial charge in [0.1, 0.15) is 0 Å². The minimum atomic E-state index is -0.0780. The van der Waals surface area contributed by atoms with Gasteiger partial charge in [0.15, 0.2) is 0 Å². The predicted octanol–water partition coefficient (Wildman–Crippen LogP) is 15.7. The van der Waals surface area contributed by atoms with Crippen LogP contribution in [0, 0.1) is 5.92 Å². The lowest BCUT2D eigenvalue weighted by atomic mass is 9.73. The molecule has 6 aromatic carbocycles. The fourth-order valence-electron chi connectivity index (χ4n) is 11.2. The molecule has 6 aromatic rings. The van der Waals surface area contributed by atoms with Crippen LogP contribution in [-0.2, 0) is 10.8 Å². The van der Waals surface area contributed by atoms with Gasteiger partial charge in [0.2, 0.25) is 0 Å². The Kier molecular flexibility index (Phi) is 9.31. The molecule has 0 saturated carbocycles. The molecule has 5 aliphatic carbocycles. The average molecular weight is 803 g/mol. The summed E-state index contributed by atoms with van der Waals surface area (Å²) in [6.07, 6.45) is 23.2. The maximum absolute atomic E-state index is 2.51. The predicted molar refractivity (Wildman–Crippen MR) is 262 cm³/mol. The highest BCUT2D eigenvalue weighted by Gasteiger charge is 2.44. The lowest BCUT2D eigenvalue weighted by Gasteiger charge is -2.37. The topological polar surface area (TPSA) is 6.48 Å². The van der Waals surface area contributed by atoms with Crippen LogP contribution in [0.1, 0.15) is 87.1 Å². The third kappa shape index (κ3) is 6.30. The number of hydrogen-bond acceptors (Lipinski definition) is 2. The lowest BCUT2D eigenvalue weighted by Crippen LogP contribution is -2.30. The van der Waals surface area contributed by atoms with E-state index >= 15 is 0 Å². The van der Waals surface area contributed by atoms with E-state index in [-0.39, 0.29) is 16.7 Å². The highest BCUT2D eigenvalue weighted by Crippen LogP contribution is 2.55. The number of benzene rings is 6. The van der Waals surface area contributed by atoms with Crippen LogP contribution in [0.15, 0.2) is 211 Å². The number of fused-ring (bicyclic) bond motifs is 6. The van der Waals surface area contributed by atoms with Gasteiger partial charge in [-0.2, -0.15) is 0 Å². The fourth-order valence-corrected chi connectivity index (χ4v) is 11.2. The molecule has 5 aliphatic rings. The second kappa shape index (κ2) is 15.1. The van der Waals surface area contributed by atoms with Crippen molar-refractivity contribution in [1.29, 1.82) is 0 Å². The summed E-state index contributed by atoms with van der Waals surface area (Å²) >= 11 is 0. The minimum absolute atomic E-state index is 0.0640. The van der Waals surface area contributed by atoms with E-state index < -0.39 is 0 Å². The maximum atomic E-state index is 2.51. The molecule has 0 saturated heterocycles. The molecule has 0 heterocycles. The van der Waals surface area contributed by atoms with Crippen molar-refractivity contribution >= 4 is 22.6 Å². The van der Waals surface area contributed by atoms with Gasteiger partial charge in [-0.25, -0.2) is 0 Å². The van der Waals surface area contributed by atoms with Crippen LogP contribution in [-0.4, -0.2) is 0 Å². The Morgan fingerprint density at radius 3 is 1.95 bits per heavy atom. The number of anilines is 3. The van der Waals surface area contributed by atoms with Crippen LogP contribution < -0.4 is 9.80 Å². The Bertz CT molecular complexity index is 2910. The summed E-state index contributed by atoms with van der Waals surface area (Å²) in [4.78, 5) is 5.00. The van der Waals surface area contributed by atoms with Crippen LogP contribution in [0.5, 0.6) is 0 Å². The molecule has 2 heteroatoms. The number of para-hydroxylation sites is 1. The molecular weight excluding hydrogens is 749 g/mol. The summed E-state index contributed by atoms with van der Waals surface area (Å²) in [5.41, 5.74) is 21.1. The molecule has 11 rings (SSSR count). The van der Waals surface area contributed by atoms with E-state index in [0.29, 0.717) is 5.92 Å². The Morgan fingerprint density at radius 1 is 0.516 bits per heavy atom. The average Bonchev–Trinajstić information content (AvgIpc) is 3.69. The first kappa shape index (κ1) is 38.3. The molecule has 0 bridgehead atoms. The molecule has 0 amide bonds. The van der Waals surface area contributed by atoms with Gasteiger partial charge in [0, 0.05) is 45.5 Å². The second-order valence-electron chi connectivity index (χ2n) is 18.8. The zero-order valence-corrected chi connectivity index (χ0v) is 36.4. The molecule has 0 fully saturated rings. The van der Waals surface area contributed by atoms with Crippen molar-refractivity contribution in [2.24, 2.45) is 5.92 Å². The number of hydrogen-bond donors (Lipinski definition) is 0. The zero-order chi connectivity index (χ0) is 42.0. The van der Waals surface area contributed by atoms with E-state index in [1.54, 1.807) is 0 Å². The van der Waals surface area contributed by atoms with Gasteiger partial charge in [-0.05, 0) is 147 Å². The van der Waals surface area contributed by atoms with Crippen molar-refractivity contribution in [2.75, 3.05) is 9.80 Å². The maximum Gasteiger partial charge on any atom is 0.0467 e. The third-order valence-corrected chi connectivity index (χ3v) is 14.5. The Morgan fingerprint density at radius 2 is 1.19 bits per heavy atom. The second-order valence-corrected chi connectivity index (χ2v) is 18.8. The Labute approximate surface area is 368 Å². The third-order valence-electron chi connectivity index (χ3n) is 14.5. The van der Waals surface area contributed by atoms with Gasteiger partial charge in [0.25, 0.3) is 0 Å². The first-order valence-corrected chi connectivity index (χ1v) is 22.6. The molecule has 0 aromatic heterocycles. The van der Waals surface area contributed by atoms with E-state index in [0.717, 1.165) is 25.7 Å². The highest BCUT2D eigenvalue weighted by molar-refractivity contribution is 5.86. The van der Waals surface area contributed by atoms with E-state index in [2.05, 4.69) is 232 Å². The van der Waals surface area contributed by atoms with E-state index in [4.69, 9.17) is 0 Å². The first-order valence-electron chi connectivity index (χ1n) is 22.6. The van der Waals surface area contributed by atoms with Gasteiger partial charge >= 0.3 is 0 Å². The van der Waals surface area contributed by atoms with Gasteiger partial charge < -0.3 is 9.80 Å². The smallest absolute Gasteiger partial charge is 0.0467 e. The fraction of sp³-hybridized carbons (Fsp3) is 0.200. The SMILES string of the molecule is CC1(C)c2ccccc2-c2ccc(N(C3=CCCC=C3)c3ccc(C4C=CC(N(C5=CC=C6c7ccccc7C(C)(C)C6C5)c5ccccc5)=CC4)c(-c4ccccc4)c3)cc21. The quantitative estimate of drug-likeness (QED) is 0.151. The largest absolute Gasteiger partial charge is 0.315 e. The Hall–Kier alpha value is -6.64. The van der Waals surface area contributed by atoms with Crippen LogP contribution in [0.4, 0.5) is 17.1 Å². The van der Waals surface area contributed by atoms with Crippen molar-refractivity contribution in [3.05, 3.63) is 239 Å². The van der Waals surface area contributed by atoms with Crippen molar-refractivity contribution in [1.82, 2.24) is 0 Å². The standard InChI is InChI=1S/C60H54N2/c1-59(2)55-26-16-14-24-50(55)52-36-33-47(39-57(52)59)61(43-20-10-6-11-21-43)45-30-28-42(29-31-45)49-35-32-46(38-54(49)41-18-8-5-9-19-41)62(44-22-12-7-13-23-44)48-34-37-53-51-25-15-17-27-56(51)60(3,4)58(53)40-48/h5-6,8-12,14-28,30-38,40,42,57H,7,13,29,39H2,1-4H3. The van der Waals surface area contributed by atoms with Gasteiger partial charge in [-0.15, -0.1) is 0 Å². The number of allylic oxidation sites excluding steroid dienone is 10. The summed E-state index contributed by atoms with van der Waals surface area (Å²) in [6.45, 7) is 9.61. The summed E-state index contributed by atoms with van der Waals surface area (Å²) in [5.74, 6) is 0.662. The molecule has 304 valence electrons. The van der Waals surface area contributed by atoms with Crippen molar-refractivity contribution < 1.29 is 0 Å². The van der Waals surface area contributed by atoms with Crippen LogP contribution >= 0.6 is 0 Å². The number of nitrogens with zero attached hydrogens (tertiary/aromatic N) is 2. The molecule has 2 unspecified atom stereocenters. The van der Waals surface area contributed by atoms with Crippen LogP contribution in [0.3, 0.4) is 0 Å². The Balaban J connectivity index is 0.957. The van der Waals surface area contributed by atoms with Crippen LogP contribution in [0.2, 0.25) is 0 Å². The van der Waals surface area contributed by atoms with E-state index in [9.17, 15) is 0 Å². The molecule has 2 atom stereocenters. The lowest BCUT2D eigenvalue weighted by molar-refractivity contribution is 0.406. The molecular formula is C60H54N2. The molecule has 2 nitrogen and oxygen atoms in total. The zero-order valence-electron chi connectivity index (χ0n) is 36.4. The van der Waals surface area contributed by atoms with Crippen molar-refractivity contribution in [3.63, 3.8) is 0 Å². The molecule has 0 radical (unpaired) electrons. The normalized spacial score (nSPS) is 19.9. The van der Waals surface area contributed by atoms with Gasteiger partial charge in [-0.3, -0.25) is 0 Å². The summed E-state index contributed by atoms with van der Waals surface area (Å²) < 4.78 is 0. The minimum Gasteiger partial charge on any atom is -0.315 e. The summed E-state index contributed by atoms with van der Waals surface area (Å²) in [6, 6.07) is 54.3. The molecule has 0 N–H and O–H groups in total. The molecule has 62 heavy (non-hydrogen) atoms. The van der Waals surface area contributed by atoms with Crippen molar-refractivity contribution in [2.45, 2.75) is 70.1 Å². The van der Waals surface area contributed by atoms with Gasteiger partial charge in [0.05, 0.1) is 0 Å². The van der Waals surface area contributed by atoms with Gasteiger partial charge in [-0.1, -0.05) is 167 Å². The van der Waals surface area contributed by atoms with Crippen molar-refractivity contribution in [3.8, 4) is 22.3 Å². The summed E-state index contributed by atoms with van der Waals surface area (Å²) in [7, 11) is 0. The highest BCUT2D eigenvalue weighted by atomic mass is 15.2. The molecule has 0 spiro atoms. The number of rotatable bonds is 8. The summed E-state index contributed by atoms with van der Waals surface area (Å²) in [5, 5.41) is 0. The monoisotopic (exact) mass is 802 g/mol. The van der Waals surface area contributed by atoms with E-state index in [1.807, 2.05) is 0 Å².